The van der Waals surface area contributed by atoms with E-state index in [0.29, 0.717) is 0 Å². The van der Waals surface area contributed by atoms with Crippen molar-refractivity contribution in [2.75, 3.05) is 0 Å². The zero-order chi connectivity index (χ0) is 13.5. The molecule has 1 nitrogen and oxygen atoms in total. The molecule has 0 aromatic heterocycles. The maximum Gasteiger partial charge on any atom is 0.178 e. The molecule has 19 heavy (non-hydrogen) atoms. The lowest BCUT2D eigenvalue weighted by Crippen LogP contribution is -2.22. The van der Waals surface area contributed by atoms with E-state index in [1.807, 2.05) is 62.4 Å². The molecule has 0 unspecified atom stereocenters. The number of fused-ring (bicyclic) bond motifs is 3. The molecule has 0 saturated carbocycles. The Morgan fingerprint density at radius 3 is 1.84 bits per heavy atom. The van der Waals surface area contributed by atoms with Gasteiger partial charge in [0, 0.05) is 17.0 Å². The molecular weight excluding hydrogens is 232 g/mol. The topological polar surface area (TPSA) is 20.2 Å². The van der Waals surface area contributed by atoms with Crippen LogP contribution in [-0.4, -0.2) is 5.11 Å². The summed E-state index contributed by atoms with van der Waals surface area (Å²) in [5.41, 5.74) is 2.78. The van der Waals surface area contributed by atoms with Crippen molar-refractivity contribution < 1.29 is 5.11 Å². The molecule has 2 aromatic carbocycles. The molecule has 0 aliphatic heterocycles. The zero-order valence-corrected chi connectivity index (χ0v) is 11.1. The Bertz CT molecular complexity index is 641. The summed E-state index contributed by atoms with van der Waals surface area (Å²) in [5, 5.41) is 11.1. The summed E-state index contributed by atoms with van der Waals surface area (Å²) in [4.78, 5) is 0. The Labute approximate surface area is 113 Å². The van der Waals surface area contributed by atoms with Gasteiger partial charge in [0.2, 0.25) is 0 Å². The molecule has 1 heteroatoms. The second-order valence-corrected chi connectivity index (χ2v) is 5.23. The van der Waals surface area contributed by atoms with Gasteiger partial charge in [0.1, 0.15) is 0 Å². The molecule has 0 fully saturated rings. The van der Waals surface area contributed by atoms with E-state index in [4.69, 9.17) is 0 Å². The minimum absolute atomic E-state index is 0.240. The number of rotatable bonds is 0. The molecule has 0 radical (unpaired) electrons. The van der Waals surface area contributed by atoms with Gasteiger partial charge < -0.3 is 5.11 Å². The number of benzene rings is 2. The molecule has 0 bridgehead atoms. The third kappa shape index (κ3) is 1.77. The first-order valence-corrected chi connectivity index (χ1v) is 6.57. The minimum Gasteiger partial charge on any atom is -0.369 e. The van der Waals surface area contributed by atoms with Gasteiger partial charge in [-0.25, -0.2) is 0 Å². The van der Waals surface area contributed by atoms with Crippen LogP contribution in [0.2, 0.25) is 0 Å². The first-order chi connectivity index (χ1) is 9.13. The van der Waals surface area contributed by atoms with Crippen molar-refractivity contribution >= 4 is 0 Å². The van der Waals surface area contributed by atoms with Gasteiger partial charge in [0.15, 0.2) is 5.60 Å². The highest BCUT2D eigenvalue weighted by Crippen LogP contribution is 2.46. The third-order valence-electron chi connectivity index (χ3n) is 3.47. The molecule has 0 heterocycles. The maximum absolute atomic E-state index is 11.1. The predicted octanol–water partition coefficient (Wildman–Crippen LogP) is 3.56. The molecule has 94 valence electrons. The first-order valence-electron chi connectivity index (χ1n) is 6.57. The van der Waals surface area contributed by atoms with E-state index in [-0.39, 0.29) is 5.92 Å². The first kappa shape index (κ1) is 12.0. The summed E-state index contributed by atoms with van der Waals surface area (Å²) in [6.45, 7) is 4.06. The third-order valence-corrected chi connectivity index (χ3v) is 3.47. The lowest BCUT2D eigenvalue weighted by atomic mass is 9.91. The van der Waals surface area contributed by atoms with E-state index in [9.17, 15) is 5.11 Å². The standard InChI is InChI=1S/C18H16O/c1-13(2)11-12-18(19)16-9-5-3-7-14(16)15-8-4-6-10-17(15)18/h3-10,13,19H,1-2H3. The molecule has 1 N–H and O–H groups in total. The van der Waals surface area contributed by atoms with Gasteiger partial charge in [0.25, 0.3) is 0 Å². The number of hydrogen-bond acceptors (Lipinski definition) is 1. The number of hydrogen-bond donors (Lipinski definition) is 1. The molecule has 0 atom stereocenters. The molecule has 1 aliphatic carbocycles. The molecule has 1 aliphatic rings. The molecular formula is C18H16O. The fourth-order valence-electron chi connectivity index (χ4n) is 2.60. The monoisotopic (exact) mass is 248 g/mol. The van der Waals surface area contributed by atoms with Crippen molar-refractivity contribution in [2.24, 2.45) is 5.92 Å². The minimum atomic E-state index is -1.17. The summed E-state index contributed by atoms with van der Waals surface area (Å²) in [7, 11) is 0. The molecule has 0 amide bonds. The van der Waals surface area contributed by atoms with Crippen LogP contribution in [0.15, 0.2) is 48.5 Å². The molecule has 0 saturated heterocycles. The van der Waals surface area contributed by atoms with E-state index in [2.05, 4.69) is 11.8 Å². The van der Waals surface area contributed by atoms with E-state index < -0.39 is 5.60 Å². The Hall–Kier alpha value is -2.04. The second-order valence-electron chi connectivity index (χ2n) is 5.23. The summed E-state index contributed by atoms with van der Waals surface area (Å²) in [6, 6.07) is 15.9. The molecule has 3 rings (SSSR count). The highest BCUT2D eigenvalue weighted by atomic mass is 16.3. The van der Waals surface area contributed by atoms with Crippen LogP contribution in [0.4, 0.5) is 0 Å². The average Bonchev–Trinajstić information content (AvgIpc) is 2.69. The summed E-state index contributed by atoms with van der Waals surface area (Å²) < 4.78 is 0. The summed E-state index contributed by atoms with van der Waals surface area (Å²) in [5.74, 6) is 6.42. The molecule has 2 aromatic rings. The van der Waals surface area contributed by atoms with Gasteiger partial charge in [-0.2, -0.15) is 0 Å². The van der Waals surface area contributed by atoms with Crippen molar-refractivity contribution in [1.82, 2.24) is 0 Å². The Kier molecular flexibility index (Phi) is 2.69. The van der Waals surface area contributed by atoms with Gasteiger partial charge >= 0.3 is 0 Å². The average molecular weight is 248 g/mol. The summed E-state index contributed by atoms with van der Waals surface area (Å²) >= 11 is 0. The van der Waals surface area contributed by atoms with Crippen molar-refractivity contribution in [2.45, 2.75) is 19.4 Å². The van der Waals surface area contributed by atoms with Crippen LogP contribution in [0.1, 0.15) is 25.0 Å². The lowest BCUT2D eigenvalue weighted by molar-refractivity contribution is 0.150. The molecule has 0 spiro atoms. The predicted molar refractivity (Wildman–Crippen MR) is 77.5 cm³/mol. The maximum atomic E-state index is 11.1. The van der Waals surface area contributed by atoms with Gasteiger partial charge in [-0.05, 0) is 11.1 Å². The van der Waals surface area contributed by atoms with Crippen molar-refractivity contribution in [3.8, 4) is 23.0 Å². The van der Waals surface area contributed by atoms with Crippen LogP contribution in [-0.2, 0) is 5.60 Å². The van der Waals surface area contributed by atoms with Gasteiger partial charge in [0.05, 0.1) is 0 Å². The number of aliphatic hydroxyl groups is 1. The Morgan fingerprint density at radius 2 is 1.37 bits per heavy atom. The Morgan fingerprint density at radius 1 is 0.895 bits per heavy atom. The van der Waals surface area contributed by atoms with Crippen LogP contribution in [0.25, 0.3) is 11.1 Å². The van der Waals surface area contributed by atoms with Crippen LogP contribution in [0.5, 0.6) is 0 Å². The van der Waals surface area contributed by atoms with Crippen LogP contribution < -0.4 is 0 Å². The van der Waals surface area contributed by atoms with Crippen LogP contribution in [0.3, 0.4) is 0 Å². The normalized spacial score (nSPS) is 14.5. The Balaban J connectivity index is 2.29. The van der Waals surface area contributed by atoms with Crippen LogP contribution >= 0.6 is 0 Å². The van der Waals surface area contributed by atoms with E-state index in [1.165, 1.54) is 0 Å². The van der Waals surface area contributed by atoms with Crippen LogP contribution in [0, 0.1) is 17.8 Å². The van der Waals surface area contributed by atoms with Gasteiger partial charge in [-0.15, -0.1) is 0 Å². The lowest BCUT2D eigenvalue weighted by Gasteiger charge is -2.19. The zero-order valence-electron chi connectivity index (χ0n) is 11.1. The van der Waals surface area contributed by atoms with Gasteiger partial charge in [-0.3, -0.25) is 0 Å². The fourth-order valence-corrected chi connectivity index (χ4v) is 2.60. The van der Waals surface area contributed by atoms with Gasteiger partial charge in [-0.1, -0.05) is 74.2 Å². The quantitative estimate of drug-likeness (QED) is 0.707. The van der Waals surface area contributed by atoms with E-state index in [1.54, 1.807) is 0 Å². The smallest absolute Gasteiger partial charge is 0.178 e. The highest BCUT2D eigenvalue weighted by molar-refractivity contribution is 5.81. The largest absolute Gasteiger partial charge is 0.369 e. The van der Waals surface area contributed by atoms with E-state index in [0.717, 1.165) is 22.3 Å². The second kappa shape index (κ2) is 4.26. The fraction of sp³-hybridized carbons (Fsp3) is 0.222. The van der Waals surface area contributed by atoms with Crippen molar-refractivity contribution in [3.05, 3.63) is 59.7 Å². The van der Waals surface area contributed by atoms with Crippen molar-refractivity contribution in [1.29, 1.82) is 0 Å². The highest BCUT2D eigenvalue weighted by Gasteiger charge is 2.39. The van der Waals surface area contributed by atoms with Crippen molar-refractivity contribution in [3.63, 3.8) is 0 Å². The van der Waals surface area contributed by atoms with E-state index >= 15 is 0 Å². The summed E-state index contributed by atoms with van der Waals surface area (Å²) in [6.07, 6.45) is 0. The SMILES string of the molecule is CC(C)C#CC1(O)c2ccccc2-c2ccccc21.